The molecule has 0 unspecified atom stereocenters. The molecule has 1 saturated carbocycles. The van der Waals surface area contributed by atoms with E-state index in [0.29, 0.717) is 11.8 Å². The molecule has 0 radical (unpaired) electrons. The summed E-state index contributed by atoms with van der Waals surface area (Å²) in [5.41, 5.74) is 2.12. The molecule has 4 nitrogen and oxygen atoms in total. The summed E-state index contributed by atoms with van der Waals surface area (Å²) in [5, 5.41) is 8.48. The van der Waals surface area contributed by atoms with Gasteiger partial charge in [0, 0.05) is 12.2 Å². The van der Waals surface area contributed by atoms with E-state index in [0.717, 1.165) is 17.8 Å². The minimum absolute atomic E-state index is 0.121. The van der Waals surface area contributed by atoms with E-state index in [4.69, 9.17) is 5.14 Å². The summed E-state index contributed by atoms with van der Waals surface area (Å²) in [6.07, 6.45) is 0. The molecule has 0 amide bonds. The number of benzene rings is 2. The van der Waals surface area contributed by atoms with Crippen molar-refractivity contribution in [3.05, 3.63) is 59.9 Å². The van der Waals surface area contributed by atoms with Crippen molar-refractivity contribution in [3.63, 3.8) is 0 Å². The van der Waals surface area contributed by atoms with Crippen LogP contribution in [-0.2, 0) is 10.0 Å². The molecular formula is C18H21FN2O2S. The Labute approximate surface area is 141 Å². The molecule has 0 aromatic heterocycles. The Hall–Kier alpha value is -1.92. The van der Waals surface area contributed by atoms with Crippen molar-refractivity contribution in [2.45, 2.75) is 24.7 Å². The normalized spacial score (nSPS) is 22.2. The van der Waals surface area contributed by atoms with Crippen molar-refractivity contribution in [3.8, 4) is 0 Å². The lowest BCUT2D eigenvalue weighted by Crippen LogP contribution is -2.11. The Bertz CT molecular complexity index is 830. The third-order valence-corrected chi connectivity index (χ3v) is 5.92. The van der Waals surface area contributed by atoms with Crippen molar-refractivity contribution in [1.82, 2.24) is 0 Å². The molecule has 3 rings (SSSR count). The largest absolute Gasteiger partial charge is 0.385 e. The van der Waals surface area contributed by atoms with Gasteiger partial charge in [-0.2, -0.15) is 0 Å². The Balaban J connectivity index is 1.69. The van der Waals surface area contributed by atoms with Crippen LogP contribution in [0.4, 0.5) is 10.1 Å². The second-order valence-electron chi connectivity index (χ2n) is 6.91. The molecule has 2 aromatic carbocycles. The second-order valence-corrected chi connectivity index (χ2v) is 8.47. The van der Waals surface area contributed by atoms with Gasteiger partial charge < -0.3 is 5.32 Å². The van der Waals surface area contributed by atoms with E-state index in [2.05, 4.69) is 19.2 Å². The average Bonchev–Trinajstić information content (AvgIpc) is 3.07. The highest BCUT2D eigenvalue weighted by molar-refractivity contribution is 7.89. The monoisotopic (exact) mass is 348 g/mol. The number of rotatable bonds is 5. The number of nitrogens with two attached hydrogens (primary N) is 1. The standard InChI is InChI=1S/C18H21FN2O2S/c1-18(2)16(11-21-14-7-5-13(19)6-8-14)17(18)12-3-9-15(10-4-12)24(20,22)23/h3-10,16-17,21H,11H2,1-2H3,(H2,20,22,23)/t16-,17-/m1/s1. The van der Waals surface area contributed by atoms with Crippen LogP contribution in [0.15, 0.2) is 53.4 Å². The van der Waals surface area contributed by atoms with Gasteiger partial charge in [-0.15, -0.1) is 0 Å². The van der Waals surface area contributed by atoms with Crippen LogP contribution < -0.4 is 10.5 Å². The summed E-state index contributed by atoms with van der Waals surface area (Å²) < 4.78 is 35.6. The van der Waals surface area contributed by atoms with E-state index in [1.54, 1.807) is 24.3 Å². The van der Waals surface area contributed by atoms with Gasteiger partial charge in [0.05, 0.1) is 4.90 Å². The van der Waals surface area contributed by atoms with Crippen molar-refractivity contribution < 1.29 is 12.8 Å². The molecule has 0 aliphatic heterocycles. The van der Waals surface area contributed by atoms with Gasteiger partial charge in [0.15, 0.2) is 0 Å². The van der Waals surface area contributed by atoms with Gasteiger partial charge in [0.25, 0.3) is 0 Å². The van der Waals surface area contributed by atoms with Gasteiger partial charge in [-0.1, -0.05) is 26.0 Å². The Morgan fingerprint density at radius 2 is 1.67 bits per heavy atom. The minimum atomic E-state index is -3.66. The van der Waals surface area contributed by atoms with E-state index in [-0.39, 0.29) is 16.1 Å². The topological polar surface area (TPSA) is 72.2 Å². The maximum Gasteiger partial charge on any atom is 0.238 e. The zero-order valence-corrected chi connectivity index (χ0v) is 14.5. The lowest BCUT2D eigenvalue weighted by atomic mass is 10.0. The molecule has 0 heterocycles. The van der Waals surface area contributed by atoms with Crippen LogP contribution in [0.1, 0.15) is 25.3 Å². The Morgan fingerprint density at radius 1 is 1.08 bits per heavy atom. The van der Waals surface area contributed by atoms with Crippen LogP contribution in [0, 0.1) is 17.2 Å². The van der Waals surface area contributed by atoms with Crippen molar-refractivity contribution in [1.29, 1.82) is 0 Å². The quantitative estimate of drug-likeness (QED) is 0.870. The fraction of sp³-hybridized carbons (Fsp3) is 0.333. The fourth-order valence-electron chi connectivity index (χ4n) is 3.45. The van der Waals surface area contributed by atoms with E-state index in [1.165, 1.54) is 12.1 Å². The van der Waals surface area contributed by atoms with Crippen molar-refractivity contribution in [2.24, 2.45) is 16.5 Å². The summed E-state index contributed by atoms with van der Waals surface area (Å²) >= 11 is 0. The second kappa shape index (κ2) is 5.86. The lowest BCUT2D eigenvalue weighted by Gasteiger charge is -2.07. The van der Waals surface area contributed by atoms with Crippen LogP contribution >= 0.6 is 0 Å². The molecule has 6 heteroatoms. The molecule has 2 aromatic rings. The predicted octanol–water partition coefficient (Wildman–Crippen LogP) is 3.32. The van der Waals surface area contributed by atoms with Crippen LogP contribution in [0.5, 0.6) is 0 Å². The number of sulfonamides is 1. The average molecular weight is 348 g/mol. The smallest absolute Gasteiger partial charge is 0.238 e. The number of nitrogens with one attached hydrogen (secondary N) is 1. The summed E-state index contributed by atoms with van der Waals surface area (Å²) in [5.74, 6) is 0.517. The summed E-state index contributed by atoms with van der Waals surface area (Å²) in [6.45, 7) is 5.17. The van der Waals surface area contributed by atoms with E-state index < -0.39 is 10.0 Å². The number of halogens is 1. The van der Waals surface area contributed by atoms with Crippen LogP contribution in [0.25, 0.3) is 0 Å². The first-order valence-electron chi connectivity index (χ1n) is 7.82. The molecule has 1 fully saturated rings. The van der Waals surface area contributed by atoms with E-state index >= 15 is 0 Å². The van der Waals surface area contributed by atoms with Gasteiger partial charge in [0.2, 0.25) is 10.0 Å². The number of primary sulfonamides is 1. The first-order valence-corrected chi connectivity index (χ1v) is 9.36. The summed E-state index contributed by atoms with van der Waals surface area (Å²) in [4.78, 5) is 0.130. The molecule has 2 atom stereocenters. The molecule has 1 aliphatic rings. The van der Waals surface area contributed by atoms with Crippen molar-refractivity contribution in [2.75, 3.05) is 11.9 Å². The summed E-state index contributed by atoms with van der Waals surface area (Å²) in [6, 6.07) is 13.1. The van der Waals surface area contributed by atoms with Gasteiger partial charge in [-0.05, 0) is 59.2 Å². The first-order chi connectivity index (χ1) is 11.2. The number of hydrogen-bond donors (Lipinski definition) is 2. The van der Waals surface area contributed by atoms with Gasteiger partial charge in [-0.3, -0.25) is 0 Å². The molecule has 0 bridgehead atoms. The predicted molar refractivity (Wildman–Crippen MR) is 92.7 cm³/mol. The first kappa shape index (κ1) is 16.9. The molecule has 128 valence electrons. The molecule has 0 spiro atoms. The van der Waals surface area contributed by atoms with Gasteiger partial charge in [-0.25, -0.2) is 17.9 Å². The highest BCUT2D eigenvalue weighted by Crippen LogP contribution is 2.64. The Kier molecular flexibility index (Phi) is 4.13. The molecule has 0 saturated heterocycles. The third-order valence-electron chi connectivity index (χ3n) is 4.99. The van der Waals surface area contributed by atoms with Gasteiger partial charge >= 0.3 is 0 Å². The van der Waals surface area contributed by atoms with Crippen LogP contribution in [-0.4, -0.2) is 15.0 Å². The number of hydrogen-bond acceptors (Lipinski definition) is 3. The maximum atomic E-state index is 12.9. The van der Waals surface area contributed by atoms with E-state index in [9.17, 15) is 12.8 Å². The molecule has 1 aliphatic carbocycles. The fourth-order valence-corrected chi connectivity index (χ4v) is 3.96. The molecule has 24 heavy (non-hydrogen) atoms. The lowest BCUT2D eigenvalue weighted by molar-refractivity contribution is 0.565. The highest BCUT2D eigenvalue weighted by atomic mass is 32.2. The van der Waals surface area contributed by atoms with Crippen LogP contribution in [0.3, 0.4) is 0 Å². The van der Waals surface area contributed by atoms with Crippen molar-refractivity contribution >= 4 is 15.7 Å². The zero-order valence-electron chi connectivity index (χ0n) is 13.7. The van der Waals surface area contributed by atoms with E-state index in [1.807, 2.05) is 12.1 Å². The molecule has 3 N–H and O–H groups in total. The molecular weight excluding hydrogens is 327 g/mol. The third kappa shape index (κ3) is 3.30. The minimum Gasteiger partial charge on any atom is -0.385 e. The van der Waals surface area contributed by atoms with Gasteiger partial charge in [0.1, 0.15) is 5.82 Å². The Morgan fingerprint density at radius 3 is 2.21 bits per heavy atom. The maximum absolute atomic E-state index is 12.9. The zero-order chi connectivity index (χ0) is 17.5. The SMILES string of the molecule is CC1(C)[C@H](CNc2ccc(F)cc2)[C@H]1c1ccc(S(N)(=O)=O)cc1. The highest BCUT2D eigenvalue weighted by Gasteiger charge is 2.57. The van der Waals surface area contributed by atoms with Crippen LogP contribution in [0.2, 0.25) is 0 Å². The number of anilines is 1. The summed E-state index contributed by atoms with van der Waals surface area (Å²) in [7, 11) is -3.66.